The highest BCUT2D eigenvalue weighted by molar-refractivity contribution is 5.97. The van der Waals surface area contributed by atoms with Crippen molar-refractivity contribution in [1.82, 2.24) is 4.90 Å². The SMILES string of the molecule is COC(=O)CN(Cc1ccccc1C)C(=O)c1ccc(NC(=O)C2CC2)cc1. The molecule has 0 spiro atoms. The van der Waals surface area contributed by atoms with Crippen LogP contribution in [0.25, 0.3) is 0 Å². The average Bonchev–Trinajstić information content (AvgIpc) is 3.54. The highest BCUT2D eigenvalue weighted by Crippen LogP contribution is 2.30. The van der Waals surface area contributed by atoms with Crippen LogP contribution in [0.3, 0.4) is 0 Å². The minimum absolute atomic E-state index is 0.0194. The smallest absolute Gasteiger partial charge is 0.325 e. The van der Waals surface area contributed by atoms with E-state index in [-0.39, 0.29) is 24.3 Å². The van der Waals surface area contributed by atoms with Gasteiger partial charge in [0.25, 0.3) is 5.91 Å². The van der Waals surface area contributed by atoms with Gasteiger partial charge in [0.15, 0.2) is 0 Å². The molecule has 0 radical (unpaired) electrons. The maximum Gasteiger partial charge on any atom is 0.325 e. The highest BCUT2D eigenvalue weighted by atomic mass is 16.5. The standard InChI is InChI=1S/C22H24N2O4/c1-15-5-3-4-6-18(15)13-24(14-20(25)28-2)22(27)17-9-11-19(12-10-17)23-21(26)16-7-8-16/h3-6,9-12,16H,7-8,13-14H2,1-2H3,(H,23,26). The van der Waals surface area contributed by atoms with Crippen LogP contribution in [0.2, 0.25) is 0 Å². The molecule has 0 bridgehead atoms. The predicted octanol–water partition coefficient (Wildman–Crippen LogP) is 3.16. The van der Waals surface area contributed by atoms with Crippen molar-refractivity contribution >= 4 is 23.5 Å². The first-order valence-electron chi connectivity index (χ1n) is 9.29. The molecule has 6 heteroatoms. The number of aryl methyl sites for hydroxylation is 1. The van der Waals surface area contributed by atoms with Crippen molar-refractivity contribution in [3.05, 3.63) is 65.2 Å². The number of hydrogen-bond donors (Lipinski definition) is 1. The number of rotatable bonds is 7. The molecule has 28 heavy (non-hydrogen) atoms. The number of benzene rings is 2. The second-order valence-corrected chi connectivity index (χ2v) is 7.00. The van der Waals surface area contributed by atoms with Gasteiger partial charge in [0, 0.05) is 23.7 Å². The molecule has 6 nitrogen and oxygen atoms in total. The zero-order chi connectivity index (χ0) is 20.1. The second-order valence-electron chi connectivity index (χ2n) is 7.00. The zero-order valence-corrected chi connectivity index (χ0v) is 16.1. The van der Waals surface area contributed by atoms with Crippen molar-refractivity contribution < 1.29 is 19.1 Å². The van der Waals surface area contributed by atoms with Crippen LogP contribution >= 0.6 is 0 Å². The summed E-state index contributed by atoms with van der Waals surface area (Å²) in [5.41, 5.74) is 3.12. The Balaban J connectivity index is 1.74. The summed E-state index contributed by atoms with van der Waals surface area (Å²) in [5, 5.41) is 2.85. The summed E-state index contributed by atoms with van der Waals surface area (Å²) in [6, 6.07) is 14.5. The Bertz CT molecular complexity index is 872. The van der Waals surface area contributed by atoms with Crippen LogP contribution in [0.1, 0.15) is 34.3 Å². The number of hydrogen-bond acceptors (Lipinski definition) is 4. The molecule has 1 N–H and O–H groups in total. The van der Waals surface area contributed by atoms with E-state index in [0.717, 1.165) is 24.0 Å². The number of nitrogens with zero attached hydrogens (tertiary/aromatic N) is 1. The summed E-state index contributed by atoms with van der Waals surface area (Å²) in [6.45, 7) is 2.14. The number of amides is 2. The Morgan fingerprint density at radius 3 is 2.36 bits per heavy atom. The molecule has 0 atom stereocenters. The minimum Gasteiger partial charge on any atom is -0.468 e. The molecule has 2 amide bonds. The largest absolute Gasteiger partial charge is 0.468 e. The maximum atomic E-state index is 13.0. The molecule has 2 aromatic rings. The van der Waals surface area contributed by atoms with Gasteiger partial charge in [-0.2, -0.15) is 0 Å². The molecule has 0 unspecified atom stereocenters. The van der Waals surface area contributed by atoms with E-state index < -0.39 is 5.97 Å². The van der Waals surface area contributed by atoms with E-state index in [9.17, 15) is 14.4 Å². The van der Waals surface area contributed by atoms with Gasteiger partial charge in [-0.05, 0) is 55.2 Å². The van der Waals surface area contributed by atoms with E-state index in [4.69, 9.17) is 4.74 Å². The summed E-state index contributed by atoms with van der Waals surface area (Å²) >= 11 is 0. The molecule has 1 aliphatic rings. The number of carbonyl (C=O) groups excluding carboxylic acids is 3. The molecular formula is C22H24N2O4. The third-order valence-electron chi connectivity index (χ3n) is 4.80. The third kappa shape index (κ3) is 4.97. The molecule has 1 fully saturated rings. The van der Waals surface area contributed by atoms with Crippen LogP contribution in [-0.2, 0) is 20.9 Å². The Kier molecular flexibility index (Phi) is 6.09. The molecule has 0 heterocycles. The molecule has 1 saturated carbocycles. The summed E-state index contributed by atoms with van der Waals surface area (Å²) in [6.07, 6.45) is 1.87. The molecule has 1 aliphatic carbocycles. The molecule has 0 saturated heterocycles. The highest BCUT2D eigenvalue weighted by Gasteiger charge is 2.29. The fourth-order valence-electron chi connectivity index (χ4n) is 2.88. The van der Waals surface area contributed by atoms with E-state index in [2.05, 4.69) is 5.32 Å². The molecule has 2 aromatic carbocycles. The molecule has 0 aromatic heterocycles. The van der Waals surface area contributed by atoms with Crippen LogP contribution in [0.15, 0.2) is 48.5 Å². The molecule has 0 aliphatic heterocycles. The van der Waals surface area contributed by atoms with Crippen molar-refractivity contribution in [1.29, 1.82) is 0 Å². The van der Waals surface area contributed by atoms with Crippen LogP contribution in [0, 0.1) is 12.8 Å². The van der Waals surface area contributed by atoms with Crippen molar-refractivity contribution in [2.75, 3.05) is 19.0 Å². The van der Waals surface area contributed by atoms with Crippen LogP contribution in [-0.4, -0.2) is 36.3 Å². The lowest BCUT2D eigenvalue weighted by Gasteiger charge is -2.22. The normalized spacial score (nSPS) is 12.9. The van der Waals surface area contributed by atoms with E-state index in [1.807, 2.05) is 31.2 Å². The zero-order valence-electron chi connectivity index (χ0n) is 16.1. The van der Waals surface area contributed by atoms with Gasteiger partial charge >= 0.3 is 5.97 Å². The molecule has 146 valence electrons. The fraction of sp³-hybridized carbons (Fsp3) is 0.318. The number of carbonyl (C=O) groups is 3. The van der Waals surface area contributed by atoms with Crippen LogP contribution in [0.4, 0.5) is 5.69 Å². The quantitative estimate of drug-likeness (QED) is 0.749. The van der Waals surface area contributed by atoms with Gasteiger partial charge in [0.1, 0.15) is 6.54 Å². The lowest BCUT2D eigenvalue weighted by atomic mass is 10.1. The van der Waals surface area contributed by atoms with E-state index in [1.165, 1.54) is 12.0 Å². The van der Waals surface area contributed by atoms with Crippen LogP contribution < -0.4 is 5.32 Å². The summed E-state index contributed by atoms with van der Waals surface area (Å²) in [7, 11) is 1.30. The van der Waals surface area contributed by atoms with Gasteiger partial charge in [0.05, 0.1) is 7.11 Å². The summed E-state index contributed by atoms with van der Waals surface area (Å²) in [5.74, 6) is -0.610. The van der Waals surface area contributed by atoms with Gasteiger partial charge < -0.3 is 15.0 Å². The van der Waals surface area contributed by atoms with Gasteiger partial charge in [-0.3, -0.25) is 14.4 Å². The molecular weight excluding hydrogens is 356 g/mol. The Labute approximate surface area is 164 Å². The predicted molar refractivity (Wildman–Crippen MR) is 106 cm³/mol. The first kappa shape index (κ1) is 19.6. The van der Waals surface area contributed by atoms with Crippen molar-refractivity contribution in [2.45, 2.75) is 26.3 Å². The van der Waals surface area contributed by atoms with E-state index in [1.54, 1.807) is 24.3 Å². The topological polar surface area (TPSA) is 75.7 Å². The lowest BCUT2D eigenvalue weighted by Crippen LogP contribution is -2.36. The van der Waals surface area contributed by atoms with Crippen molar-refractivity contribution in [2.24, 2.45) is 5.92 Å². The maximum absolute atomic E-state index is 13.0. The number of ether oxygens (including phenoxy) is 1. The van der Waals surface area contributed by atoms with Crippen molar-refractivity contribution in [3.63, 3.8) is 0 Å². The third-order valence-corrected chi connectivity index (χ3v) is 4.80. The van der Waals surface area contributed by atoms with Crippen molar-refractivity contribution in [3.8, 4) is 0 Å². The van der Waals surface area contributed by atoms with Gasteiger partial charge in [-0.1, -0.05) is 24.3 Å². The first-order chi connectivity index (χ1) is 13.5. The fourth-order valence-corrected chi connectivity index (χ4v) is 2.88. The van der Waals surface area contributed by atoms with Crippen LogP contribution in [0.5, 0.6) is 0 Å². The first-order valence-corrected chi connectivity index (χ1v) is 9.29. The Morgan fingerprint density at radius 2 is 1.75 bits per heavy atom. The van der Waals surface area contributed by atoms with E-state index in [0.29, 0.717) is 17.8 Å². The van der Waals surface area contributed by atoms with E-state index >= 15 is 0 Å². The number of esters is 1. The number of anilines is 1. The Hall–Kier alpha value is -3.15. The second kappa shape index (κ2) is 8.69. The molecule has 3 rings (SSSR count). The Morgan fingerprint density at radius 1 is 1.07 bits per heavy atom. The number of nitrogens with one attached hydrogen (secondary N) is 1. The minimum atomic E-state index is -0.477. The van der Waals surface area contributed by atoms with Gasteiger partial charge in [-0.25, -0.2) is 0 Å². The summed E-state index contributed by atoms with van der Waals surface area (Å²) in [4.78, 5) is 38.1. The summed E-state index contributed by atoms with van der Waals surface area (Å²) < 4.78 is 4.75. The average molecular weight is 380 g/mol. The van der Waals surface area contributed by atoms with Gasteiger partial charge in [0.2, 0.25) is 5.91 Å². The monoisotopic (exact) mass is 380 g/mol. The number of methoxy groups -OCH3 is 1. The lowest BCUT2D eigenvalue weighted by molar-refractivity contribution is -0.141. The van der Waals surface area contributed by atoms with Gasteiger partial charge in [-0.15, -0.1) is 0 Å².